The van der Waals surface area contributed by atoms with Gasteiger partial charge in [-0.25, -0.2) is 0 Å². The number of ether oxygens (including phenoxy) is 1. The Morgan fingerprint density at radius 1 is 1.32 bits per heavy atom. The lowest BCUT2D eigenvalue weighted by Crippen LogP contribution is -2.02. The molecule has 9 nitrogen and oxygen atoms in total. The molecule has 140 valence electrons. The molecule has 0 N–H and O–H groups in total. The number of nitro groups is 1. The molecule has 0 aliphatic carbocycles. The summed E-state index contributed by atoms with van der Waals surface area (Å²) in [5.74, 6) is 0.598. The highest BCUT2D eigenvalue weighted by Crippen LogP contribution is 2.35. The quantitative estimate of drug-likeness (QED) is 0.269. The fraction of sp³-hybridized carbons (Fsp3) is 0.111. The highest BCUT2D eigenvalue weighted by atomic mass is 32.2. The number of hydrogen-bond acceptors (Lipinski definition) is 8. The van der Waals surface area contributed by atoms with Crippen LogP contribution in [0.1, 0.15) is 11.1 Å². The number of non-ortho nitro benzene ring substituents is 1. The van der Waals surface area contributed by atoms with Crippen molar-refractivity contribution in [2.45, 2.75) is 12.1 Å². The van der Waals surface area contributed by atoms with Crippen molar-refractivity contribution >= 4 is 22.4 Å². The zero-order valence-corrected chi connectivity index (χ0v) is 15.8. The van der Waals surface area contributed by atoms with E-state index in [9.17, 15) is 10.1 Å². The Labute approximate surface area is 164 Å². The molecule has 3 aromatic rings. The van der Waals surface area contributed by atoms with Crippen molar-refractivity contribution in [3.8, 4) is 17.5 Å². The first-order valence-electron chi connectivity index (χ1n) is 7.99. The number of rotatable bonds is 6. The standard InChI is InChI=1S/C18H14N6O3S/c1-12-3-8-16(27-2)15(11-12)23-18(20-21-22-23)28-17(9-10-19)13-4-6-14(7-5-13)24(25)26/h3-9,11H,1-2H3/b17-9-. The SMILES string of the molecule is COc1ccc(C)cc1-n1nnnc1S/C(=C\C#N)c1ccc([N+](=O)[O-])cc1. The molecule has 0 saturated carbocycles. The van der Waals surface area contributed by atoms with Crippen molar-refractivity contribution < 1.29 is 9.66 Å². The number of aryl methyl sites for hydroxylation is 1. The maximum Gasteiger partial charge on any atom is 0.269 e. The molecule has 28 heavy (non-hydrogen) atoms. The summed E-state index contributed by atoms with van der Waals surface area (Å²) in [4.78, 5) is 10.9. The Balaban J connectivity index is 1.98. The number of allylic oxidation sites excluding steroid dienone is 1. The largest absolute Gasteiger partial charge is 0.494 e. The summed E-state index contributed by atoms with van der Waals surface area (Å²) in [5.41, 5.74) is 2.28. The molecule has 0 saturated heterocycles. The van der Waals surface area contributed by atoms with Crippen molar-refractivity contribution in [1.82, 2.24) is 20.2 Å². The van der Waals surface area contributed by atoms with Crippen LogP contribution in [0.3, 0.4) is 0 Å². The summed E-state index contributed by atoms with van der Waals surface area (Å²) in [7, 11) is 1.56. The lowest BCUT2D eigenvalue weighted by Gasteiger charge is -2.11. The first-order chi connectivity index (χ1) is 13.5. The smallest absolute Gasteiger partial charge is 0.269 e. The van der Waals surface area contributed by atoms with E-state index in [0.717, 1.165) is 5.56 Å². The zero-order chi connectivity index (χ0) is 20.1. The summed E-state index contributed by atoms with van der Waals surface area (Å²) in [6.07, 6.45) is 1.35. The first kappa shape index (κ1) is 19.1. The molecule has 0 aliphatic rings. The fourth-order valence-corrected chi connectivity index (χ4v) is 3.30. The summed E-state index contributed by atoms with van der Waals surface area (Å²) in [6.45, 7) is 1.94. The van der Waals surface area contributed by atoms with Crippen molar-refractivity contribution in [3.05, 3.63) is 69.8 Å². The normalized spacial score (nSPS) is 11.1. The molecule has 1 heterocycles. The molecule has 0 radical (unpaired) electrons. The first-order valence-corrected chi connectivity index (χ1v) is 8.81. The van der Waals surface area contributed by atoms with Gasteiger partial charge in [-0.2, -0.15) is 9.94 Å². The van der Waals surface area contributed by atoms with Gasteiger partial charge in [0.25, 0.3) is 5.69 Å². The summed E-state index contributed by atoms with van der Waals surface area (Å²) >= 11 is 1.17. The second kappa shape index (κ2) is 8.32. The minimum atomic E-state index is -0.477. The molecule has 0 spiro atoms. The molecule has 3 rings (SSSR count). The fourth-order valence-electron chi connectivity index (χ4n) is 2.44. The number of nitrogens with zero attached hydrogens (tertiary/aromatic N) is 6. The van der Waals surface area contributed by atoms with Crippen LogP contribution in [0, 0.1) is 28.4 Å². The van der Waals surface area contributed by atoms with Gasteiger partial charge in [-0.15, -0.1) is 5.10 Å². The van der Waals surface area contributed by atoms with Crippen LogP contribution in [0.5, 0.6) is 5.75 Å². The average Bonchev–Trinajstić information content (AvgIpc) is 3.15. The maximum atomic E-state index is 10.8. The molecule has 0 aliphatic heterocycles. The molecule has 2 aromatic carbocycles. The summed E-state index contributed by atoms with van der Waals surface area (Å²) in [5, 5.41) is 32.2. The van der Waals surface area contributed by atoms with Gasteiger partial charge in [-0.1, -0.05) is 6.07 Å². The van der Waals surface area contributed by atoms with Crippen molar-refractivity contribution in [2.24, 2.45) is 0 Å². The third kappa shape index (κ3) is 3.99. The number of hydrogen-bond donors (Lipinski definition) is 0. The highest BCUT2D eigenvalue weighted by Gasteiger charge is 2.17. The molecule has 10 heteroatoms. The number of thioether (sulfide) groups is 1. The van der Waals surface area contributed by atoms with Crippen LogP contribution in [0.4, 0.5) is 5.69 Å². The van der Waals surface area contributed by atoms with E-state index in [-0.39, 0.29) is 5.69 Å². The third-order valence-electron chi connectivity index (χ3n) is 3.76. The molecule has 1 aromatic heterocycles. The Kier molecular flexibility index (Phi) is 5.67. The van der Waals surface area contributed by atoms with Crippen LogP contribution in [-0.2, 0) is 0 Å². The number of nitro benzene ring substituents is 1. The highest BCUT2D eigenvalue weighted by molar-refractivity contribution is 8.08. The van der Waals surface area contributed by atoms with E-state index in [2.05, 4.69) is 15.5 Å². The maximum absolute atomic E-state index is 10.8. The topological polar surface area (TPSA) is 120 Å². The minimum absolute atomic E-state index is 0.0283. The Bertz CT molecular complexity index is 1090. The summed E-state index contributed by atoms with van der Waals surface area (Å²) in [6, 6.07) is 13.5. The molecule has 0 unspecified atom stereocenters. The Hall–Kier alpha value is -3.71. The van der Waals surface area contributed by atoms with E-state index in [1.54, 1.807) is 19.2 Å². The average molecular weight is 394 g/mol. The molecular formula is C18H14N6O3S. The van der Waals surface area contributed by atoms with Crippen LogP contribution in [0.25, 0.3) is 10.6 Å². The van der Waals surface area contributed by atoms with E-state index in [1.807, 2.05) is 31.2 Å². The monoisotopic (exact) mass is 394 g/mol. The second-order valence-electron chi connectivity index (χ2n) is 5.59. The molecule has 0 fully saturated rings. The van der Waals surface area contributed by atoms with Crippen LogP contribution in [-0.4, -0.2) is 32.2 Å². The second-order valence-corrected chi connectivity index (χ2v) is 6.60. The number of tetrazole rings is 1. The number of methoxy groups -OCH3 is 1. The number of benzene rings is 2. The lowest BCUT2D eigenvalue weighted by atomic mass is 10.2. The van der Waals surface area contributed by atoms with Gasteiger partial charge in [0, 0.05) is 23.1 Å². The number of aromatic nitrogens is 4. The van der Waals surface area contributed by atoms with Crippen LogP contribution in [0.2, 0.25) is 0 Å². The predicted octanol–water partition coefficient (Wildman–Crippen LogP) is 3.54. The molecular weight excluding hydrogens is 380 g/mol. The van der Waals surface area contributed by atoms with E-state index in [4.69, 9.17) is 10.00 Å². The third-order valence-corrected chi connectivity index (χ3v) is 4.77. The summed E-state index contributed by atoms with van der Waals surface area (Å²) < 4.78 is 6.92. The lowest BCUT2D eigenvalue weighted by molar-refractivity contribution is -0.384. The van der Waals surface area contributed by atoms with Gasteiger partial charge in [0.05, 0.1) is 18.1 Å². The van der Waals surface area contributed by atoms with E-state index in [0.29, 0.717) is 27.1 Å². The van der Waals surface area contributed by atoms with Gasteiger partial charge in [0.2, 0.25) is 5.16 Å². The van der Waals surface area contributed by atoms with Gasteiger partial charge < -0.3 is 4.74 Å². The molecule has 0 amide bonds. The van der Waals surface area contributed by atoms with Gasteiger partial charge in [0.15, 0.2) is 0 Å². The van der Waals surface area contributed by atoms with Crippen molar-refractivity contribution in [3.63, 3.8) is 0 Å². The Morgan fingerprint density at radius 3 is 2.71 bits per heavy atom. The van der Waals surface area contributed by atoms with E-state index >= 15 is 0 Å². The van der Waals surface area contributed by atoms with E-state index < -0.39 is 4.92 Å². The van der Waals surface area contributed by atoms with Crippen LogP contribution < -0.4 is 4.74 Å². The van der Waals surface area contributed by atoms with E-state index in [1.165, 1.54) is 34.7 Å². The van der Waals surface area contributed by atoms with Crippen LogP contribution in [0.15, 0.2) is 53.7 Å². The van der Waals surface area contributed by atoms with Crippen molar-refractivity contribution in [2.75, 3.05) is 7.11 Å². The zero-order valence-electron chi connectivity index (χ0n) is 14.9. The van der Waals surface area contributed by atoms with Gasteiger partial charge in [-0.3, -0.25) is 10.1 Å². The predicted molar refractivity (Wildman–Crippen MR) is 103 cm³/mol. The van der Waals surface area contributed by atoms with Gasteiger partial charge in [-0.05, 0) is 64.5 Å². The number of nitriles is 1. The Morgan fingerprint density at radius 2 is 2.07 bits per heavy atom. The minimum Gasteiger partial charge on any atom is -0.494 e. The van der Waals surface area contributed by atoms with Gasteiger partial charge >= 0.3 is 0 Å². The van der Waals surface area contributed by atoms with Crippen molar-refractivity contribution in [1.29, 1.82) is 5.26 Å². The molecule has 0 bridgehead atoms. The van der Waals surface area contributed by atoms with Crippen LogP contribution >= 0.6 is 11.8 Å². The molecule has 0 atom stereocenters. The van der Waals surface area contributed by atoms with Gasteiger partial charge in [0.1, 0.15) is 11.4 Å².